The molecule has 0 unspecified atom stereocenters. The van der Waals surface area contributed by atoms with E-state index in [0.717, 1.165) is 30.4 Å². The molecule has 0 spiro atoms. The van der Waals surface area contributed by atoms with Crippen LogP contribution in [0.5, 0.6) is 0 Å². The normalized spacial score (nSPS) is 12.2. The highest BCUT2D eigenvalue weighted by molar-refractivity contribution is 5.90. The maximum atomic E-state index is 13.3. The second-order valence-electron chi connectivity index (χ2n) is 9.44. The van der Waals surface area contributed by atoms with E-state index in [-0.39, 0.29) is 18.2 Å². The lowest BCUT2D eigenvalue weighted by molar-refractivity contribution is -0.136. The summed E-state index contributed by atoms with van der Waals surface area (Å²) < 4.78 is 0. The minimum atomic E-state index is -0.787. The Bertz CT molecular complexity index is 1120. The Labute approximate surface area is 224 Å². The van der Waals surface area contributed by atoms with E-state index >= 15 is 0 Å². The van der Waals surface area contributed by atoms with E-state index in [1.807, 2.05) is 78.9 Å². The van der Waals surface area contributed by atoms with Crippen molar-refractivity contribution in [2.45, 2.75) is 51.0 Å². The van der Waals surface area contributed by atoms with Crippen LogP contribution in [-0.4, -0.2) is 35.5 Å². The fourth-order valence-electron chi connectivity index (χ4n) is 4.41. The van der Waals surface area contributed by atoms with Crippen molar-refractivity contribution < 1.29 is 19.6 Å². The summed E-state index contributed by atoms with van der Waals surface area (Å²) in [6, 6.07) is 28.7. The van der Waals surface area contributed by atoms with Crippen LogP contribution in [0.3, 0.4) is 0 Å². The molecule has 38 heavy (non-hydrogen) atoms. The number of hydrogen-bond acceptors (Lipinski definition) is 4. The Morgan fingerprint density at radius 3 is 1.82 bits per heavy atom. The lowest BCUT2D eigenvalue weighted by Crippen LogP contribution is -2.50. The molecule has 0 saturated heterocycles. The molecule has 0 aliphatic rings. The zero-order valence-corrected chi connectivity index (χ0v) is 21.6. The molecule has 3 rings (SSSR count). The number of hydroxylamine groups is 1. The van der Waals surface area contributed by atoms with Gasteiger partial charge in [0.2, 0.25) is 17.7 Å². The van der Waals surface area contributed by atoms with Crippen LogP contribution < -0.4 is 16.1 Å². The van der Waals surface area contributed by atoms with Gasteiger partial charge in [-0.15, -0.1) is 0 Å². The quantitative estimate of drug-likeness (QED) is 0.139. The molecular weight excluding hydrogens is 478 g/mol. The van der Waals surface area contributed by atoms with Crippen LogP contribution in [-0.2, 0) is 33.6 Å². The third-order valence-electron chi connectivity index (χ3n) is 6.51. The second-order valence-corrected chi connectivity index (χ2v) is 9.44. The van der Waals surface area contributed by atoms with E-state index in [0.29, 0.717) is 25.8 Å². The van der Waals surface area contributed by atoms with E-state index in [2.05, 4.69) is 22.8 Å². The number of carbonyl (C=O) groups is 3. The van der Waals surface area contributed by atoms with Gasteiger partial charge in [-0.3, -0.25) is 19.6 Å². The second kappa shape index (κ2) is 16.0. The Morgan fingerprint density at radius 2 is 1.24 bits per heavy atom. The summed E-state index contributed by atoms with van der Waals surface area (Å²) in [6.07, 6.45) is 3.80. The fraction of sp³-hybridized carbons (Fsp3) is 0.323. The largest absolute Gasteiger partial charge is 0.354 e. The van der Waals surface area contributed by atoms with Crippen LogP contribution >= 0.6 is 0 Å². The Balaban J connectivity index is 1.61. The zero-order valence-electron chi connectivity index (χ0n) is 21.6. The first kappa shape index (κ1) is 28.6. The van der Waals surface area contributed by atoms with Crippen LogP contribution in [0.15, 0.2) is 91.0 Å². The zero-order chi connectivity index (χ0) is 27.0. The highest BCUT2D eigenvalue weighted by atomic mass is 16.5. The van der Waals surface area contributed by atoms with Gasteiger partial charge in [0, 0.05) is 25.3 Å². The first-order valence-corrected chi connectivity index (χ1v) is 13.2. The van der Waals surface area contributed by atoms with Crippen LogP contribution in [0.25, 0.3) is 0 Å². The number of benzene rings is 3. The molecule has 3 aromatic rings. The summed E-state index contributed by atoms with van der Waals surface area (Å²) in [7, 11) is 0. The van der Waals surface area contributed by atoms with Crippen molar-refractivity contribution in [1.82, 2.24) is 16.1 Å². The van der Waals surface area contributed by atoms with Crippen LogP contribution in [0.4, 0.5) is 0 Å². The van der Waals surface area contributed by atoms with Crippen molar-refractivity contribution in [3.8, 4) is 0 Å². The Kier molecular flexibility index (Phi) is 12.0. The van der Waals surface area contributed by atoms with Crippen molar-refractivity contribution in [3.63, 3.8) is 0 Å². The van der Waals surface area contributed by atoms with E-state index in [1.165, 1.54) is 5.56 Å². The molecule has 0 saturated carbocycles. The monoisotopic (exact) mass is 515 g/mol. The number of unbranched alkanes of at least 4 members (excludes halogenated alkanes) is 1. The van der Waals surface area contributed by atoms with Gasteiger partial charge in [0.05, 0.1) is 0 Å². The lowest BCUT2D eigenvalue weighted by Gasteiger charge is -2.22. The molecule has 200 valence electrons. The summed E-state index contributed by atoms with van der Waals surface area (Å²) in [6.45, 7) is 0.444. The first-order valence-electron chi connectivity index (χ1n) is 13.2. The molecule has 3 aromatic carbocycles. The van der Waals surface area contributed by atoms with Gasteiger partial charge in [-0.2, -0.15) is 0 Å². The van der Waals surface area contributed by atoms with Gasteiger partial charge in [0.25, 0.3) is 0 Å². The van der Waals surface area contributed by atoms with Gasteiger partial charge >= 0.3 is 0 Å². The van der Waals surface area contributed by atoms with Crippen molar-refractivity contribution in [3.05, 3.63) is 108 Å². The molecule has 3 amide bonds. The summed E-state index contributed by atoms with van der Waals surface area (Å²) in [4.78, 5) is 38.4. The van der Waals surface area contributed by atoms with Gasteiger partial charge in [0.15, 0.2) is 0 Å². The van der Waals surface area contributed by atoms with Gasteiger partial charge in [0.1, 0.15) is 6.04 Å². The minimum Gasteiger partial charge on any atom is -0.354 e. The van der Waals surface area contributed by atoms with Crippen molar-refractivity contribution in [2.75, 3.05) is 6.54 Å². The topological polar surface area (TPSA) is 108 Å². The number of aryl methyl sites for hydroxylation is 1. The maximum Gasteiger partial charge on any atom is 0.244 e. The highest BCUT2D eigenvalue weighted by Crippen LogP contribution is 2.16. The Morgan fingerprint density at radius 1 is 0.684 bits per heavy atom. The first-order chi connectivity index (χ1) is 18.5. The average molecular weight is 516 g/mol. The van der Waals surface area contributed by atoms with E-state index in [4.69, 9.17) is 5.21 Å². The summed E-state index contributed by atoms with van der Waals surface area (Å²) in [5.74, 6) is -1.92. The number of carbonyl (C=O) groups excluding carboxylic acids is 3. The van der Waals surface area contributed by atoms with Crippen molar-refractivity contribution >= 4 is 17.7 Å². The number of rotatable bonds is 15. The lowest BCUT2D eigenvalue weighted by atomic mass is 9.94. The molecule has 0 bridgehead atoms. The molecule has 2 atom stereocenters. The van der Waals surface area contributed by atoms with E-state index < -0.39 is 17.9 Å². The predicted molar refractivity (Wildman–Crippen MR) is 147 cm³/mol. The molecule has 0 heterocycles. The fourth-order valence-corrected chi connectivity index (χ4v) is 4.41. The molecule has 0 fully saturated rings. The molecule has 0 aliphatic carbocycles. The number of nitrogens with one attached hydrogen (secondary N) is 3. The maximum absolute atomic E-state index is 13.3. The van der Waals surface area contributed by atoms with Gasteiger partial charge in [-0.1, -0.05) is 97.4 Å². The van der Waals surface area contributed by atoms with Gasteiger partial charge in [-0.25, -0.2) is 5.48 Å². The number of amides is 3. The van der Waals surface area contributed by atoms with E-state index in [1.54, 1.807) is 5.48 Å². The van der Waals surface area contributed by atoms with Crippen molar-refractivity contribution in [1.29, 1.82) is 0 Å². The van der Waals surface area contributed by atoms with Crippen LogP contribution in [0.2, 0.25) is 0 Å². The molecule has 0 radical (unpaired) electrons. The standard InChI is InChI=1S/C31H37N3O4/c35-29(34-38)23-27(19-11-10-16-24-12-4-1-5-13-24)30(36)33-28(22-26-17-8-3-9-18-26)31(37)32-21-20-25-14-6-2-7-15-25/h1-9,12-15,17-18,27-28,38H,10-11,16,19-23H2,(H,32,37)(H,33,36)(H,34,35)/t27-,28+/m1/s1. The van der Waals surface area contributed by atoms with Gasteiger partial charge < -0.3 is 10.6 Å². The molecule has 4 N–H and O–H groups in total. The SMILES string of the molecule is O=C(C[C@@H](CCCCc1ccccc1)C(=O)N[C@@H](Cc1ccccc1)C(=O)NCCc1ccccc1)NO. The molecule has 0 aliphatic heterocycles. The van der Waals surface area contributed by atoms with Crippen molar-refractivity contribution in [2.24, 2.45) is 5.92 Å². The third-order valence-corrected chi connectivity index (χ3v) is 6.51. The molecular formula is C31H37N3O4. The van der Waals surface area contributed by atoms with Crippen LogP contribution in [0, 0.1) is 5.92 Å². The summed E-state index contributed by atoms with van der Waals surface area (Å²) >= 11 is 0. The van der Waals surface area contributed by atoms with E-state index in [9.17, 15) is 14.4 Å². The molecule has 0 aromatic heterocycles. The van der Waals surface area contributed by atoms with Gasteiger partial charge in [-0.05, 0) is 42.4 Å². The number of hydrogen-bond donors (Lipinski definition) is 4. The minimum absolute atomic E-state index is 0.151. The molecule has 7 heteroatoms. The summed E-state index contributed by atoms with van der Waals surface area (Å²) in [5, 5.41) is 14.9. The predicted octanol–water partition coefficient (Wildman–Crippen LogP) is 4.00. The van der Waals surface area contributed by atoms with Crippen LogP contribution in [0.1, 0.15) is 42.4 Å². The summed E-state index contributed by atoms with van der Waals surface area (Å²) in [5.41, 5.74) is 4.88. The average Bonchev–Trinajstić information content (AvgIpc) is 2.95. The smallest absolute Gasteiger partial charge is 0.244 e. The molecule has 7 nitrogen and oxygen atoms in total. The highest BCUT2D eigenvalue weighted by Gasteiger charge is 2.27. The Hall–Kier alpha value is -3.97. The third kappa shape index (κ3) is 10.2.